The molecule has 0 saturated carbocycles. The van der Waals surface area contributed by atoms with Gasteiger partial charge >= 0.3 is 11.9 Å². The van der Waals surface area contributed by atoms with Gasteiger partial charge in [-0.3, -0.25) is 9.59 Å². The summed E-state index contributed by atoms with van der Waals surface area (Å²) in [6, 6.07) is 4.81. The zero-order chi connectivity index (χ0) is 22.1. The van der Waals surface area contributed by atoms with Crippen LogP contribution in [0.3, 0.4) is 0 Å². The highest BCUT2D eigenvalue weighted by Crippen LogP contribution is 2.53. The number of esters is 1. The molecule has 3 rings (SSSR count). The van der Waals surface area contributed by atoms with Crippen molar-refractivity contribution in [1.82, 2.24) is 10.2 Å². The van der Waals surface area contributed by atoms with E-state index in [1.54, 1.807) is 33.0 Å². The number of nitrogens with zero attached hydrogens (tertiary/aromatic N) is 1. The molecule has 162 valence electrons. The molecule has 1 amide bonds. The third-order valence-electron chi connectivity index (χ3n) is 6.07. The van der Waals surface area contributed by atoms with Crippen LogP contribution in [0.5, 0.6) is 5.75 Å². The number of nitrogens with one attached hydrogen (secondary N) is 1. The first kappa shape index (κ1) is 21.6. The summed E-state index contributed by atoms with van der Waals surface area (Å²) in [6.07, 6.45) is 0.750. The molecule has 3 atom stereocenters. The van der Waals surface area contributed by atoms with Crippen molar-refractivity contribution in [3.05, 3.63) is 40.6 Å². The second-order valence-electron chi connectivity index (χ2n) is 7.69. The minimum absolute atomic E-state index is 0.106. The molecular weight excluding hydrogens is 392 g/mol. The number of fused-ring (bicyclic) bond motifs is 1. The lowest BCUT2D eigenvalue weighted by Crippen LogP contribution is -2.57. The predicted octanol–water partition coefficient (Wildman–Crippen LogP) is 1.58. The topological polar surface area (TPSA) is 114 Å². The summed E-state index contributed by atoms with van der Waals surface area (Å²) in [7, 11) is 2.84. The number of carboxylic acid groups (broad SMARTS) is 1. The van der Waals surface area contributed by atoms with Crippen LogP contribution >= 0.6 is 0 Å². The number of para-hydroxylation sites is 1. The van der Waals surface area contributed by atoms with Crippen molar-refractivity contribution in [3.8, 4) is 5.75 Å². The van der Waals surface area contributed by atoms with Gasteiger partial charge in [0.1, 0.15) is 12.0 Å². The van der Waals surface area contributed by atoms with E-state index in [-0.39, 0.29) is 25.1 Å². The molecule has 0 aliphatic carbocycles. The molecule has 0 fully saturated rings. The summed E-state index contributed by atoms with van der Waals surface area (Å²) in [5, 5.41) is 13.6. The molecule has 0 radical (unpaired) electrons. The van der Waals surface area contributed by atoms with Gasteiger partial charge in [-0.1, -0.05) is 18.2 Å². The van der Waals surface area contributed by atoms with Crippen molar-refractivity contribution in [1.29, 1.82) is 0 Å². The van der Waals surface area contributed by atoms with Gasteiger partial charge in [0.05, 0.1) is 12.7 Å². The van der Waals surface area contributed by atoms with Crippen LogP contribution in [-0.2, 0) is 30.6 Å². The fourth-order valence-electron chi connectivity index (χ4n) is 4.46. The maximum atomic E-state index is 12.8. The first-order valence-corrected chi connectivity index (χ1v) is 9.63. The third-order valence-corrected chi connectivity index (χ3v) is 6.07. The van der Waals surface area contributed by atoms with Crippen LogP contribution in [-0.4, -0.2) is 55.1 Å². The van der Waals surface area contributed by atoms with Crippen LogP contribution in [0.25, 0.3) is 0 Å². The summed E-state index contributed by atoms with van der Waals surface area (Å²) in [6.45, 7) is 3.91. The lowest BCUT2D eigenvalue weighted by molar-refractivity contribution is -0.195. The van der Waals surface area contributed by atoms with Gasteiger partial charge in [-0.15, -0.1) is 0 Å². The molecule has 2 aliphatic rings. The van der Waals surface area contributed by atoms with E-state index in [1.165, 1.54) is 12.0 Å². The average Bonchev–Trinajstić information content (AvgIpc) is 3.20. The molecule has 2 N–H and O–H groups in total. The molecule has 0 spiro atoms. The molecule has 1 aromatic rings. The lowest BCUT2D eigenvalue weighted by Gasteiger charge is -2.47. The minimum atomic E-state index is -1.46. The lowest BCUT2D eigenvalue weighted by atomic mass is 9.60. The highest BCUT2D eigenvalue weighted by atomic mass is 17.2. The smallest absolute Gasteiger partial charge is 0.336 e. The maximum absolute atomic E-state index is 12.8. The number of aliphatic carboxylic acids is 1. The Morgan fingerprint density at radius 2 is 2.17 bits per heavy atom. The standard InChI is InChI=1S/C21H26N2O7/c1-12-16(19(25)28-4)17(15-7-5-6-14-10-29-30-18(14)15)21(20(26)27,13(2)22-12)8-9-23(3)11-24/h5-7,11,13,17,22H,8-10H2,1-4H3,(H,26,27). The van der Waals surface area contributed by atoms with Gasteiger partial charge < -0.3 is 24.9 Å². The Morgan fingerprint density at radius 1 is 1.43 bits per heavy atom. The molecule has 0 saturated heterocycles. The zero-order valence-electron chi connectivity index (χ0n) is 17.4. The number of hydrogen-bond donors (Lipinski definition) is 2. The predicted molar refractivity (Wildman–Crippen MR) is 105 cm³/mol. The van der Waals surface area contributed by atoms with Crippen LogP contribution in [0, 0.1) is 5.41 Å². The highest BCUT2D eigenvalue weighted by Gasteiger charge is 2.57. The van der Waals surface area contributed by atoms with Crippen LogP contribution < -0.4 is 10.2 Å². The third kappa shape index (κ3) is 3.39. The van der Waals surface area contributed by atoms with Crippen LogP contribution in [0.15, 0.2) is 29.5 Å². The molecule has 9 nitrogen and oxygen atoms in total. The Labute approximate surface area is 174 Å². The molecule has 2 heterocycles. The second-order valence-corrected chi connectivity index (χ2v) is 7.69. The van der Waals surface area contributed by atoms with Gasteiger partial charge in [-0.2, -0.15) is 4.89 Å². The number of hydrogen-bond acceptors (Lipinski definition) is 7. The van der Waals surface area contributed by atoms with Gasteiger partial charge in [0, 0.05) is 42.4 Å². The number of rotatable bonds is 7. The number of carboxylic acids is 1. The number of amides is 1. The number of benzene rings is 1. The Balaban J connectivity index is 2.28. The van der Waals surface area contributed by atoms with Gasteiger partial charge in [0.25, 0.3) is 0 Å². The van der Waals surface area contributed by atoms with E-state index in [2.05, 4.69) is 5.32 Å². The van der Waals surface area contributed by atoms with Crippen molar-refractivity contribution in [3.63, 3.8) is 0 Å². The second kappa shape index (κ2) is 8.35. The number of carbonyl (C=O) groups is 3. The molecule has 9 heteroatoms. The van der Waals surface area contributed by atoms with Gasteiger partial charge in [0.2, 0.25) is 6.41 Å². The fraction of sp³-hybridized carbons (Fsp3) is 0.476. The molecule has 1 aromatic carbocycles. The summed E-state index contributed by atoms with van der Waals surface area (Å²) in [4.78, 5) is 48.7. The monoisotopic (exact) mass is 418 g/mol. The first-order valence-electron chi connectivity index (χ1n) is 9.63. The molecule has 0 aromatic heterocycles. The molecule has 30 heavy (non-hydrogen) atoms. The van der Waals surface area contributed by atoms with E-state index < -0.39 is 29.3 Å². The summed E-state index contributed by atoms with van der Waals surface area (Å²) in [5.74, 6) is -2.17. The minimum Gasteiger partial charge on any atom is -0.481 e. The van der Waals surface area contributed by atoms with E-state index in [1.807, 2.05) is 6.07 Å². The van der Waals surface area contributed by atoms with Crippen LogP contribution in [0.1, 0.15) is 37.3 Å². The first-order chi connectivity index (χ1) is 14.3. The van der Waals surface area contributed by atoms with Crippen molar-refractivity contribution < 1.29 is 34.0 Å². The molecule has 0 bridgehead atoms. The average molecular weight is 418 g/mol. The Morgan fingerprint density at radius 3 is 2.80 bits per heavy atom. The van der Waals surface area contributed by atoms with Crippen molar-refractivity contribution >= 4 is 18.3 Å². The van der Waals surface area contributed by atoms with E-state index >= 15 is 0 Å². The van der Waals surface area contributed by atoms with Gasteiger partial charge in [-0.25, -0.2) is 4.79 Å². The Hall–Kier alpha value is -3.07. The van der Waals surface area contributed by atoms with Crippen molar-refractivity contribution in [2.45, 2.75) is 38.8 Å². The zero-order valence-corrected chi connectivity index (χ0v) is 17.4. The molecular formula is C21H26N2O7. The summed E-state index contributed by atoms with van der Waals surface area (Å²) >= 11 is 0. The van der Waals surface area contributed by atoms with E-state index in [0.29, 0.717) is 23.4 Å². The van der Waals surface area contributed by atoms with E-state index in [9.17, 15) is 19.5 Å². The van der Waals surface area contributed by atoms with E-state index in [0.717, 1.165) is 5.56 Å². The van der Waals surface area contributed by atoms with Gasteiger partial charge in [0.15, 0.2) is 5.75 Å². The summed E-state index contributed by atoms with van der Waals surface area (Å²) in [5.41, 5.74) is 0.604. The number of allylic oxidation sites excluding steroid dienone is 1. The number of carbonyl (C=O) groups excluding carboxylic acids is 2. The Kier molecular flexibility index (Phi) is 6.02. The quantitative estimate of drug-likeness (QED) is 0.390. The van der Waals surface area contributed by atoms with Gasteiger partial charge in [-0.05, 0) is 20.3 Å². The van der Waals surface area contributed by atoms with E-state index in [4.69, 9.17) is 14.5 Å². The largest absolute Gasteiger partial charge is 0.481 e. The van der Waals surface area contributed by atoms with Crippen LogP contribution in [0.4, 0.5) is 0 Å². The van der Waals surface area contributed by atoms with Crippen molar-refractivity contribution in [2.24, 2.45) is 5.41 Å². The normalized spacial score (nSPS) is 25.1. The molecule has 2 aliphatic heterocycles. The Bertz CT molecular complexity index is 897. The van der Waals surface area contributed by atoms with Crippen molar-refractivity contribution in [2.75, 3.05) is 20.7 Å². The highest BCUT2D eigenvalue weighted by molar-refractivity contribution is 5.94. The summed E-state index contributed by atoms with van der Waals surface area (Å²) < 4.78 is 5.02. The number of ether oxygens (including phenoxy) is 1. The maximum Gasteiger partial charge on any atom is 0.336 e. The molecule has 3 unspecified atom stereocenters. The van der Waals surface area contributed by atoms with Crippen LogP contribution in [0.2, 0.25) is 0 Å². The number of methoxy groups -OCH3 is 1. The fourth-order valence-corrected chi connectivity index (χ4v) is 4.46. The SMILES string of the molecule is COC(=O)C1=C(C)NC(C)C(CCN(C)C=O)(C(=O)O)C1c1cccc2c1OOC2.